The van der Waals surface area contributed by atoms with E-state index in [9.17, 15) is 4.79 Å². The molecule has 0 unspecified atom stereocenters. The number of thioether (sulfide) groups is 1. The lowest BCUT2D eigenvalue weighted by atomic mass is 10.1. The van der Waals surface area contributed by atoms with Gasteiger partial charge in [-0.2, -0.15) is 0 Å². The van der Waals surface area contributed by atoms with Gasteiger partial charge in [-0.1, -0.05) is 29.3 Å². The summed E-state index contributed by atoms with van der Waals surface area (Å²) < 4.78 is 5.85. The Morgan fingerprint density at radius 1 is 1.00 bits per heavy atom. The van der Waals surface area contributed by atoms with Crippen molar-refractivity contribution in [2.75, 3.05) is 0 Å². The third-order valence-electron chi connectivity index (χ3n) is 4.19. The van der Waals surface area contributed by atoms with Crippen molar-refractivity contribution in [2.45, 2.75) is 13.8 Å². The topological polar surface area (TPSA) is 54.6 Å². The molecule has 29 heavy (non-hydrogen) atoms. The highest BCUT2D eigenvalue weighted by molar-refractivity contribution is 8.18. The van der Waals surface area contributed by atoms with Gasteiger partial charge in [-0.15, -0.1) is 0 Å². The minimum Gasteiger partial charge on any atom is -0.457 e. The average molecular weight is 443 g/mol. The van der Waals surface area contributed by atoms with E-state index in [1.165, 1.54) is 11.8 Å². The molecule has 7 heteroatoms. The summed E-state index contributed by atoms with van der Waals surface area (Å²) in [6, 6.07) is 15.0. The molecule has 2 aromatic carbocycles. The van der Waals surface area contributed by atoms with Crippen molar-refractivity contribution in [1.82, 2.24) is 5.32 Å². The van der Waals surface area contributed by atoms with Gasteiger partial charge in [-0.25, -0.2) is 4.99 Å². The summed E-state index contributed by atoms with van der Waals surface area (Å²) >= 11 is 13.3. The molecular formula is C22H16Cl2N2O2S. The number of amidine groups is 1. The highest BCUT2D eigenvalue weighted by atomic mass is 35.5. The second kappa shape index (κ2) is 8.11. The maximum atomic E-state index is 12.3. The lowest BCUT2D eigenvalue weighted by Gasteiger charge is -2.00. The molecule has 2 heterocycles. The Kier molecular flexibility index (Phi) is 5.54. The van der Waals surface area contributed by atoms with E-state index in [2.05, 4.69) is 16.4 Å². The number of carbonyl (C=O) groups excluding carboxylic acids is 1. The molecule has 0 saturated carbocycles. The first-order valence-corrected chi connectivity index (χ1v) is 10.4. The smallest absolute Gasteiger partial charge is 0.264 e. The molecule has 1 N–H and O–H groups in total. The van der Waals surface area contributed by atoms with Gasteiger partial charge < -0.3 is 9.73 Å². The first-order chi connectivity index (χ1) is 13.9. The number of nitrogens with one attached hydrogen (secondary N) is 1. The predicted molar refractivity (Wildman–Crippen MR) is 121 cm³/mol. The lowest BCUT2D eigenvalue weighted by Crippen LogP contribution is -2.19. The van der Waals surface area contributed by atoms with E-state index in [0.717, 1.165) is 22.4 Å². The van der Waals surface area contributed by atoms with E-state index in [1.54, 1.807) is 24.3 Å². The Labute approximate surface area is 182 Å². The van der Waals surface area contributed by atoms with Gasteiger partial charge in [-0.05, 0) is 79.2 Å². The molecule has 1 aliphatic rings. The van der Waals surface area contributed by atoms with Crippen LogP contribution >= 0.6 is 35.0 Å². The van der Waals surface area contributed by atoms with Gasteiger partial charge in [0.25, 0.3) is 5.91 Å². The number of amides is 1. The molecule has 1 saturated heterocycles. The van der Waals surface area contributed by atoms with Crippen LogP contribution in [0.3, 0.4) is 0 Å². The Bertz CT molecular complexity index is 1160. The first kappa shape index (κ1) is 19.8. The first-order valence-electron chi connectivity index (χ1n) is 8.80. The van der Waals surface area contributed by atoms with E-state index in [4.69, 9.17) is 27.6 Å². The van der Waals surface area contributed by atoms with Crippen LogP contribution in [0.4, 0.5) is 5.69 Å². The minimum absolute atomic E-state index is 0.203. The molecule has 0 bridgehead atoms. The summed E-state index contributed by atoms with van der Waals surface area (Å²) in [6.07, 6.45) is 1.70. The van der Waals surface area contributed by atoms with E-state index in [1.807, 2.05) is 38.1 Å². The van der Waals surface area contributed by atoms with Crippen molar-refractivity contribution in [3.8, 4) is 11.3 Å². The van der Waals surface area contributed by atoms with Gasteiger partial charge >= 0.3 is 0 Å². The van der Waals surface area contributed by atoms with Crippen molar-refractivity contribution >= 4 is 57.8 Å². The van der Waals surface area contributed by atoms with E-state index >= 15 is 0 Å². The van der Waals surface area contributed by atoms with Gasteiger partial charge in [-0.3, -0.25) is 4.79 Å². The number of hydrogen-bond acceptors (Lipinski definition) is 4. The van der Waals surface area contributed by atoms with Gasteiger partial charge in [0, 0.05) is 11.6 Å². The number of nitrogens with zero attached hydrogens (tertiary/aromatic N) is 1. The van der Waals surface area contributed by atoms with Gasteiger partial charge in [0.05, 0.1) is 20.6 Å². The largest absolute Gasteiger partial charge is 0.457 e. The molecule has 1 fully saturated rings. The summed E-state index contributed by atoms with van der Waals surface area (Å²) in [4.78, 5) is 17.4. The third-order valence-corrected chi connectivity index (χ3v) is 5.84. The number of hydrogen-bond donors (Lipinski definition) is 1. The summed E-state index contributed by atoms with van der Waals surface area (Å²) in [5.41, 5.74) is 3.87. The molecule has 0 radical (unpaired) electrons. The second-order valence-electron chi connectivity index (χ2n) is 6.66. The maximum absolute atomic E-state index is 12.3. The summed E-state index contributed by atoms with van der Waals surface area (Å²) in [5.74, 6) is 1.00. The quantitative estimate of drug-likeness (QED) is 0.455. The minimum atomic E-state index is -0.203. The van der Waals surface area contributed by atoms with E-state index < -0.39 is 0 Å². The highest BCUT2D eigenvalue weighted by Crippen LogP contribution is 2.32. The van der Waals surface area contributed by atoms with Crippen molar-refractivity contribution in [1.29, 1.82) is 0 Å². The summed E-state index contributed by atoms with van der Waals surface area (Å²) in [5, 5.41) is 4.28. The number of aryl methyl sites for hydroxylation is 2. The van der Waals surface area contributed by atoms with Crippen molar-refractivity contribution < 1.29 is 9.21 Å². The zero-order valence-electron chi connectivity index (χ0n) is 15.6. The molecular weight excluding hydrogens is 427 g/mol. The number of aliphatic imine (C=N–C) groups is 1. The van der Waals surface area contributed by atoms with Gasteiger partial charge in [0.1, 0.15) is 11.5 Å². The third kappa shape index (κ3) is 4.58. The lowest BCUT2D eigenvalue weighted by molar-refractivity contribution is -0.115. The molecule has 3 aromatic rings. The molecule has 4 rings (SSSR count). The fourth-order valence-electron chi connectivity index (χ4n) is 2.98. The zero-order chi connectivity index (χ0) is 20.5. The highest BCUT2D eigenvalue weighted by Gasteiger charge is 2.24. The van der Waals surface area contributed by atoms with Crippen LogP contribution in [0.5, 0.6) is 0 Å². The monoisotopic (exact) mass is 442 g/mol. The molecule has 0 spiro atoms. The molecule has 1 aromatic heterocycles. The normalized spacial score (nSPS) is 16.6. The summed E-state index contributed by atoms with van der Waals surface area (Å²) in [6.45, 7) is 4.04. The average Bonchev–Trinajstić information content (AvgIpc) is 3.24. The van der Waals surface area contributed by atoms with Crippen LogP contribution in [0.25, 0.3) is 17.4 Å². The van der Waals surface area contributed by atoms with E-state index in [-0.39, 0.29) is 5.91 Å². The van der Waals surface area contributed by atoms with Crippen LogP contribution in [0.2, 0.25) is 10.0 Å². The molecule has 1 amide bonds. The Balaban J connectivity index is 1.56. The fourth-order valence-corrected chi connectivity index (χ4v) is 4.10. The Morgan fingerprint density at radius 2 is 1.76 bits per heavy atom. The molecule has 0 atom stereocenters. The Morgan fingerprint density at radius 3 is 2.48 bits per heavy atom. The molecule has 146 valence electrons. The SMILES string of the molecule is Cc1cc(C)cc(N=C2NC(=O)/C(=C\c3ccc(-c4ccc(Cl)c(Cl)c4)o3)S2)c1. The van der Waals surface area contributed by atoms with Crippen molar-refractivity contribution in [2.24, 2.45) is 4.99 Å². The van der Waals surface area contributed by atoms with Crippen LogP contribution in [0.15, 0.2) is 62.8 Å². The summed E-state index contributed by atoms with van der Waals surface area (Å²) in [7, 11) is 0. The van der Waals surface area contributed by atoms with Gasteiger partial charge in [0.2, 0.25) is 0 Å². The number of benzene rings is 2. The van der Waals surface area contributed by atoms with Gasteiger partial charge in [0.15, 0.2) is 5.17 Å². The van der Waals surface area contributed by atoms with E-state index in [0.29, 0.717) is 31.6 Å². The maximum Gasteiger partial charge on any atom is 0.264 e. The molecule has 4 nitrogen and oxygen atoms in total. The van der Waals surface area contributed by atoms with Crippen LogP contribution in [0.1, 0.15) is 16.9 Å². The number of furan rings is 1. The second-order valence-corrected chi connectivity index (χ2v) is 8.50. The Hall–Kier alpha value is -2.47. The van der Waals surface area contributed by atoms with Crippen LogP contribution in [0, 0.1) is 13.8 Å². The van der Waals surface area contributed by atoms with Crippen LogP contribution in [-0.4, -0.2) is 11.1 Å². The number of rotatable bonds is 3. The van der Waals surface area contributed by atoms with Crippen LogP contribution < -0.4 is 5.32 Å². The number of carbonyl (C=O) groups is 1. The van der Waals surface area contributed by atoms with Crippen molar-refractivity contribution in [3.05, 3.63) is 80.4 Å². The fraction of sp³-hybridized carbons (Fsp3) is 0.0909. The predicted octanol–water partition coefficient (Wildman–Crippen LogP) is 6.76. The standard InChI is InChI=1S/C22H16Cl2N2O2S/c1-12-7-13(2)9-15(8-12)25-22-26-21(27)20(29-22)11-16-4-6-19(28-16)14-3-5-17(23)18(24)10-14/h3-11H,1-2H3,(H,25,26,27)/b20-11+. The van der Waals surface area contributed by atoms with Crippen molar-refractivity contribution in [3.63, 3.8) is 0 Å². The zero-order valence-corrected chi connectivity index (χ0v) is 18.0. The van der Waals surface area contributed by atoms with Crippen LogP contribution in [-0.2, 0) is 4.79 Å². The molecule has 0 aliphatic carbocycles. The molecule has 1 aliphatic heterocycles. The number of halogens is 2.